The van der Waals surface area contributed by atoms with E-state index in [9.17, 15) is 22.0 Å². The highest BCUT2D eigenvalue weighted by Crippen LogP contribution is 2.34. The van der Waals surface area contributed by atoms with E-state index in [4.69, 9.17) is 9.47 Å². The molecule has 0 unspecified atom stereocenters. The van der Waals surface area contributed by atoms with Gasteiger partial charge in [-0.05, 0) is 37.1 Å². The van der Waals surface area contributed by atoms with Crippen molar-refractivity contribution in [2.75, 3.05) is 20.5 Å². The molecule has 2 aromatic heterocycles. The summed E-state index contributed by atoms with van der Waals surface area (Å²) in [5.41, 5.74) is 0.874. The minimum atomic E-state index is -4.50. The molecule has 0 atom stereocenters. The second-order valence-corrected chi connectivity index (χ2v) is 7.04. The molecule has 0 aliphatic carbocycles. The fourth-order valence-corrected chi connectivity index (χ4v) is 3.16. The van der Waals surface area contributed by atoms with E-state index < -0.39 is 25.2 Å². The number of rotatable bonds is 10. The third kappa shape index (κ3) is 5.74. The van der Waals surface area contributed by atoms with E-state index in [1.54, 1.807) is 24.4 Å². The molecule has 5 nitrogen and oxygen atoms in total. The van der Waals surface area contributed by atoms with Crippen molar-refractivity contribution in [3.05, 3.63) is 59.8 Å². The van der Waals surface area contributed by atoms with Gasteiger partial charge in [-0.1, -0.05) is 6.07 Å². The number of pyridine rings is 1. The summed E-state index contributed by atoms with van der Waals surface area (Å²) >= 11 is 0. The highest BCUT2D eigenvalue weighted by atomic mass is 19.4. The molecule has 0 radical (unpaired) electrons. The zero-order valence-electron chi connectivity index (χ0n) is 17.3. The van der Waals surface area contributed by atoms with Crippen LogP contribution in [0.4, 0.5) is 22.0 Å². The highest BCUT2D eigenvalue weighted by Gasteiger charge is 2.32. The van der Waals surface area contributed by atoms with Crippen molar-refractivity contribution in [3.8, 4) is 22.8 Å². The van der Waals surface area contributed by atoms with Crippen molar-refractivity contribution in [1.29, 1.82) is 0 Å². The van der Waals surface area contributed by atoms with Crippen molar-refractivity contribution < 1.29 is 31.4 Å². The topological polar surface area (TPSA) is 60.0 Å². The number of nitrogens with one attached hydrogen (secondary N) is 1. The number of ether oxygens (including phenoxy) is 2. The Bertz CT molecular complexity index is 1000. The molecule has 0 aliphatic rings. The van der Waals surface area contributed by atoms with Gasteiger partial charge in [-0.15, -0.1) is 0 Å². The minimum absolute atomic E-state index is 0.00317. The summed E-state index contributed by atoms with van der Waals surface area (Å²) in [5, 5.41) is 0. The van der Waals surface area contributed by atoms with Crippen molar-refractivity contribution in [2.24, 2.45) is 0 Å². The smallest absolute Gasteiger partial charge is 0.433 e. The van der Waals surface area contributed by atoms with Crippen molar-refractivity contribution >= 4 is 0 Å². The highest BCUT2D eigenvalue weighted by molar-refractivity contribution is 5.63. The molecule has 32 heavy (non-hydrogen) atoms. The van der Waals surface area contributed by atoms with E-state index in [0.29, 0.717) is 28.6 Å². The van der Waals surface area contributed by atoms with Crippen LogP contribution in [0.1, 0.15) is 35.8 Å². The first kappa shape index (κ1) is 23.5. The number of aromatic nitrogens is 3. The van der Waals surface area contributed by atoms with Crippen LogP contribution in [0.5, 0.6) is 11.5 Å². The van der Waals surface area contributed by atoms with Gasteiger partial charge in [0.15, 0.2) is 11.5 Å². The van der Waals surface area contributed by atoms with E-state index in [2.05, 4.69) is 15.0 Å². The van der Waals surface area contributed by atoms with Gasteiger partial charge in [0.05, 0.1) is 32.3 Å². The number of alkyl halides is 5. The fourth-order valence-electron chi connectivity index (χ4n) is 3.16. The van der Waals surface area contributed by atoms with E-state index in [1.807, 2.05) is 0 Å². The van der Waals surface area contributed by atoms with E-state index >= 15 is 0 Å². The molecule has 10 heteroatoms. The van der Waals surface area contributed by atoms with Crippen LogP contribution >= 0.6 is 0 Å². The van der Waals surface area contributed by atoms with Gasteiger partial charge >= 0.3 is 6.18 Å². The van der Waals surface area contributed by atoms with Gasteiger partial charge < -0.3 is 14.5 Å². The number of nitrogens with zero attached hydrogens (tertiary/aromatic N) is 2. The molecule has 0 saturated heterocycles. The molecule has 0 fully saturated rings. The van der Waals surface area contributed by atoms with Crippen LogP contribution in [0, 0.1) is 0 Å². The molecule has 0 amide bonds. The SMILES string of the molecule is COc1cc(-c2cnc(C(CCF)CCF)[nH]2)ccc1OCc1ccc(C(F)(F)F)nc1. The normalized spacial score (nSPS) is 11.7. The number of halogens is 5. The summed E-state index contributed by atoms with van der Waals surface area (Å²) in [5.74, 6) is 0.983. The van der Waals surface area contributed by atoms with Crippen LogP contribution in [0.3, 0.4) is 0 Å². The fraction of sp³-hybridized carbons (Fsp3) is 0.364. The Kier molecular flexibility index (Phi) is 7.66. The Morgan fingerprint density at radius 2 is 1.72 bits per heavy atom. The summed E-state index contributed by atoms with van der Waals surface area (Å²) in [6.07, 6.45) is -1.43. The predicted molar refractivity (Wildman–Crippen MR) is 108 cm³/mol. The van der Waals surface area contributed by atoms with Gasteiger partial charge in [-0.25, -0.2) is 4.98 Å². The Hall–Kier alpha value is -3.17. The average molecular weight is 455 g/mol. The zero-order chi connectivity index (χ0) is 23.1. The van der Waals surface area contributed by atoms with Crippen LogP contribution in [-0.2, 0) is 12.8 Å². The summed E-state index contributed by atoms with van der Waals surface area (Å²) < 4.78 is 74.4. The predicted octanol–water partition coefficient (Wildman–Crippen LogP) is 5.88. The molecule has 0 saturated carbocycles. The number of hydrogen-bond acceptors (Lipinski definition) is 4. The van der Waals surface area contributed by atoms with Gasteiger partial charge in [-0.3, -0.25) is 13.8 Å². The zero-order valence-corrected chi connectivity index (χ0v) is 17.3. The van der Waals surface area contributed by atoms with Crippen LogP contribution in [-0.4, -0.2) is 35.4 Å². The van der Waals surface area contributed by atoms with Gasteiger partial charge in [0.25, 0.3) is 0 Å². The maximum Gasteiger partial charge on any atom is 0.433 e. The second kappa shape index (κ2) is 10.4. The lowest BCUT2D eigenvalue weighted by molar-refractivity contribution is -0.141. The van der Waals surface area contributed by atoms with E-state index in [0.717, 1.165) is 17.8 Å². The van der Waals surface area contributed by atoms with Gasteiger partial charge in [0, 0.05) is 23.2 Å². The van der Waals surface area contributed by atoms with Crippen LogP contribution in [0.2, 0.25) is 0 Å². The van der Waals surface area contributed by atoms with E-state index in [-0.39, 0.29) is 25.4 Å². The number of benzene rings is 1. The Balaban J connectivity index is 1.72. The lowest BCUT2D eigenvalue weighted by atomic mass is 10.0. The van der Waals surface area contributed by atoms with Crippen molar-refractivity contribution in [3.63, 3.8) is 0 Å². The molecular formula is C22H22F5N3O2. The average Bonchev–Trinajstić information content (AvgIpc) is 3.27. The van der Waals surface area contributed by atoms with Crippen molar-refractivity contribution in [2.45, 2.75) is 31.5 Å². The molecule has 3 aromatic rings. The molecule has 0 bridgehead atoms. The minimum Gasteiger partial charge on any atom is -0.493 e. The summed E-state index contributed by atoms with van der Waals surface area (Å²) in [6.45, 7) is -1.12. The first-order valence-electron chi connectivity index (χ1n) is 9.86. The molecule has 0 spiro atoms. The summed E-state index contributed by atoms with van der Waals surface area (Å²) in [4.78, 5) is 10.8. The number of hydrogen-bond donors (Lipinski definition) is 1. The monoisotopic (exact) mass is 455 g/mol. The van der Waals surface area contributed by atoms with Gasteiger partial charge in [-0.2, -0.15) is 13.2 Å². The third-order valence-corrected chi connectivity index (χ3v) is 4.88. The van der Waals surface area contributed by atoms with Gasteiger partial charge in [0.2, 0.25) is 0 Å². The van der Waals surface area contributed by atoms with Crippen LogP contribution < -0.4 is 9.47 Å². The number of aromatic amines is 1. The largest absolute Gasteiger partial charge is 0.493 e. The molecule has 0 aliphatic heterocycles. The third-order valence-electron chi connectivity index (χ3n) is 4.88. The first-order chi connectivity index (χ1) is 15.4. The van der Waals surface area contributed by atoms with E-state index in [1.165, 1.54) is 13.2 Å². The molecule has 3 rings (SSSR count). The maximum absolute atomic E-state index is 12.7. The molecular weight excluding hydrogens is 433 g/mol. The van der Waals surface area contributed by atoms with Crippen LogP contribution in [0.15, 0.2) is 42.7 Å². The van der Waals surface area contributed by atoms with Crippen molar-refractivity contribution in [1.82, 2.24) is 15.0 Å². The maximum atomic E-state index is 12.7. The standard InChI is InChI=1S/C22H22F5N3O2/c1-31-19-10-16(17-12-29-21(30-17)15(6-8-23)7-9-24)3-4-18(19)32-13-14-2-5-20(28-11-14)22(25,26)27/h2-5,10-12,15H,6-9,13H2,1H3,(H,29,30). The molecule has 1 N–H and O–H groups in total. The molecule has 2 heterocycles. The number of imidazole rings is 1. The lowest BCUT2D eigenvalue weighted by Crippen LogP contribution is -2.08. The summed E-state index contributed by atoms with van der Waals surface area (Å²) in [7, 11) is 1.46. The Morgan fingerprint density at radius 1 is 0.969 bits per heavy atom. The van der Waals surface area contributed by atoms with Gasteiger partial charge in [0.1, 0.15) is 18.1 Å². The quantitative estimate of drug-likeness (QED) is 0.388. The molecule has 172 valence electrons. The number of methoxy groups -OCH3 is 1. The number of H-pyrrole nitrogens is 1. The Morgan fingerprint density at radius 3 is 2.31 bits per heavy atom. The Labute approximate surface area is 181 Å². The molecule has 1 aromatic carbocycles. The van der Waals surface area contributed by atoms with Crippen LogP contribution in [0.25, 0.3) is 11.3 Å². The lowest BCUT2D eigenvalue weighted by Gasteiger charge is -2.13. The second-order valence-electron chi connectivity index (χ2n) is 7.04. The first-order valence-corrected chi connectivity index (χ1v) is 9.86. The summed E-state index contributed by atoms with van der Waals surface area (Å²) in [6, 6.07) is 7.31.